The first-order valence-corrected chi connectivity index (χ1v) is 6.95. The molecule has 1 heterocycles. The summed E-state index contributed by atoms with van der Waals surface area (Å²) >= 11 is 0. The fourth-order valence-electron chi connectivity index (χ4n) is 1.29. The molecule has 1 N–H and O–H groups in total. The van der Waals surface area contributed by atoms with E-state index < -0.39 is 10.0 Å². The van der Waals surface area contributed by atoms with E-state index in [1.807, 2.05) is 6.07 Å². The molecule has 1 aromatic rings. The van der Waals surface area contributed by atoms with Crippen LogP contribution in [0, 0.1) is 18.3 Å². The van der Waals surface area contributed by atoms with Crippen LogP contribution in [-0.4, -0.2) is 20.1 Å². The largest absolute Gasteiger partial charge is 0.361 e. The number of hydrogen-bond donors (Lipinski definition) is 1. The van der Waals surface area contributed by atoms with Crippen molar-refractivity contribution in [2.75, 3.05) is 6.54 Å². The summed E-state index contributed by atoms with van der Waals surface area (Å²) in [4.78, 5) is 0. The lowest BCUT2D eigenvalue weighted by Gasteiger charge is -2.03. The molecule has 0 atom stereocenters. The van der Waals surface area contributed by atoms with Gasteiger partial charge >= 0.3 is 0 Å². The number of nitriles is 1. The Morgan fingerprint density at radius 2 is 2.29 bits per heavy atom. The lowest BCUT2D eigenvalue weighted by atomic mass is 10.2. The molecule has 0 aliphatic carbocycles. The van der Waals surface area contributed by atoms with Crippen LogP contribution >= 0.6 is 0 Å². The molecule has 0 amide bonds. The number of sulfonamides is 1. The van der Waals surface area contributed by atoms with E-state index in [0.29, 0.717) is 37.3 Å². The minimum Gasteiger partial charge on any atom is -0.361 e. The summed E-state index contributed by atoms with van der Waals surface area (Å²) in [5.74, 6) is 0.409. The molecule has 0 bridgehead atoms. The molecule has 0 saturated carbocycles. The number of hydrogen-bond acceptors (Lipinski definition) is 5. The highest BCUT2D eigenvalue weighted by atomic mass is 32.2. The molecule has 6 nitrogen and oxygen atoms in total. The number of rotatable bonds is 7. The van der Waals surface area contributed by atoms with Gasteiger partial charge in [0, 0.05) is 19.0 Å². The third-order valence-electron chi connectivity index (χ3n) is 2.05. The molecule has 17 heavy (non-hydrogen) atoms. The first-order chi connectivity index (χ1) is 8.03. The van der Waals surface area contributed by atoms with Crippen LogP contribution in [0.2, 0.25) is 0 Å². The Morgan fingerprint density at radius 3 is 2.88 bits per heavy atom. The quantitative estimate of drug-likeness (QED) is 0.738. The van der Waals surface area contributed by atoms with Gasteiger partial charge in [-0.15, -0.1) is 0 Å². The number of aryl methyl sites for hydroxylation is 1. The van der Waals surface area contributed by atoms with Crippen LogP contribution in [-0.2, 0) is 15.8 Å². The molecular weight excluding hydrogens is 242 g/mol. The summed E-state index contributed by atoms with van der Waals surface area (Å²) in [6, 6.07) is 3.60. The highest BCUT2D eigenvalue weighted by Gasteiger charge is 2.13. The van der Waals surface area contributed by atoms with Crippen LogP contribution in [0.3, 0.4) is 0 Å². The summed E-state index contributed by atoms with van der Waals surface area (Å²) in [6.45, 7) is 2.05. The lowest BCUT2D eigenvalue weighted by molar-refractivity contribution is 0.392. The fourth-order valence-corrected chi connectivity index (χ4v) is 2.37. The molecule has 0 saturated heterocycles. The smallest absolute Gasteiger partial charge is 0.217 e. The molecule has 0 aromatic carbocycles. The summed E-state index contributed by atoms with van der Waals surface area (Å²) in [6.07, 6.45) is 1.80. The standard InChI is InChI=1S/C10H15N3O3S/c1-9-7-10(13-16-9)8-17(14,15)12-6-4-2-3-5-11/h7,12H,2-4,6,8H2,1H3. The topological polar surface area (TPSA) is 96.0 Å². The average Bonchev–Trinajstić information content (AvgIpc) is 2.62. The van der Waals surface area contributed by atoms with Crippen molar-refractivity contribution in [1.82, 2.24) is 9.88 Å². The maximum absolute atomic E-state index is 11.6. The number of aromatic nitrogens is 1. The number of unbranched alkanes of at least 4 members (excludes halogenated alkanes) is 2. The van der Waals surface area contributed by atoms with Crippen LogP contribution in [0.25, 0.3) is 0 Å². The first kappa shape index (κ1) is 13.7. The average molecular weight is 257 g/mol. The number of nitrogens with one attached hydrogen (secondary N) is 1. The lowest BCUT2D eigenvalue weighted by Crippen LogP contribution is -2.26. The zero-order valence-electron chi connectivity index (χ0n) is 9.64. The summed E-state index contributed by atoms with van der Waals surface area (Å²) in [7, 11) is -3.36. The predicted molar refractivity (Wildman–Crippen MR) is 61.3 cm³/mol. The van der Waals surface area contributed by atoms with Crippen molar-refractivity contribution >= 4 is 10.0 Å². The van der Waals surface area contributed by atoms with Gasteiger partial charge in [0.2, 0.25) is 10.0 Å². The maximum atomic E-state index is 11.6. The highest BCUT2D eigenvalue weighted by Crippen LogP contribution is 2.05. The Labute approximate surface area is 101 Å². The van der Waals surface area contributed by atoms with E-state index in [1.165, 1.54) is 0 Å². The Bertz CT molecular complexity index is 487. The molecule has 0 unspecified atom stereocenters. The van der Waals surface area contributed by atoms with Gasteiger partial charge in [-0.05, 0) is 19.8 Å². The van der Waals surface area contributed by atoms with Gasteiger partial charge < -0.3 is 4.52 Å². The predicted octanol–water partition coefficient (Wildman–Crippen LogP) is 1.10. The Morgan fingerprint density at radius 1 is 1.53 bits per heavy atom. The van der Waals surface area contributed by atoms with Gasteiger partial charge in [0.1, 0.15) is 17.2 Å². The van der Waals surface area contributed by atoms with Crippen LogP contribution in [0.4, 0.5) is 0 Å². The van der Waals surface area contributed by atoms with Crippen LogP contribution < -0.4 is 4.72 Å². The first-order valence-electron chi connectivity index (χ1n) is 5.30. The molecule has 0 spiro atoms. The maximum Gasteiger partial charge on any atom is 0.217 e. The van der Waals surface area contributed by atoms with E-state index in [9.17, 15) is 8.42 Å². The molecule has 0 aliphatic heterocycles. The van der Waals surface area contributed by atoms with Gasteiger partial charge in [-0.25, -0.2) is 13.1 Å². The molecule has 0 fully saturated rings. The van der Waals surface area contributed by atoms with E-state index in [0.717, 1.165) is 0 Å². The van der Waals surface area contributed by atoms with Crippen molar-refractivity contribution in [2.45, 2.75) is 31.9 Å². The minimum atomic E-state index is -3.36. The van der Waals surface area contributed by atoms with Gasteiger partial charge in [0.15, 0.2) is 0 Å². The molecular formula is C10H15N3O3S. The van der Waals surface area contributed by atoms with E-state index in [1.54, 1.807) is 13.0 Å². The highest BCUT2D eigenvalue weighted by molar-refractivity contribution is 7.88. The van der Waals surface area contributed by atoms with E-state index >= 15 is 0 Å². The zero-order chi connectivity index (χ0) is 12.7. The Kier molecular flexibility index (Phi) is 5.12. The third kappa shape index (κ3) is 5.47. The van der Waals surface area contributed by atoms with Crippen LogP contribution in [0.15, 0.2) is 10.6 Å². The zero-order valence-corrected chi connectivity index (χ0v) is 10.5. The van der Waals surface area contributed by atoms with Crippen molar-refractivity contribution < 1.29 is 12.9 Å². The van der Waals surface area contributed by atoms with Crippen molar-refractivity contribution in [3.63, 3.8) is 0 Å². The van der Waals surface area contributed by atoms with Crippen molar-refractivity contribution in [3.05, 3.63) is 17.5 Å². The van der Waals surface area contributed by atoms with Crippen LogP contribution in [0.1, 0.15) is 30.7 Å². The normalized spacial score (nSPS) is 11.3. The fraction of sp³-hybridized carbons (Fsp3) is 0.600. The molecule has 1 aromatic heterocycles. The van der Waals surface area contributed by atoms with E-state index in [2.05, 4.69) is 9.88 Å². The summed E-state index contributed by atoms with van der Waals surface area (Å²) in [5, 5.41) is 11.9. The van der Waals surface area contributed by atoms with Gasteiger partial charge in [0.25, 0.3) is 0 Å². The van der Waals surface area contributed by atoms with E-state index in [4.69, 9.17) is 9.78 Å². The van der Waals surface area contributed by atoms with Gasteiger partial charge in [-0.2, -0.15) is 5.26 Å². The second kappa shape index (κ2) is 6.37. The van der Waals surface area contributed by atoms with Crippen molar-refractivity contribution in [2.24, 2.45) is 0 Å². The minimum absolute atomic E-state index is 0.178. The van der Waals surface area contributed by atoms with Crippen molar-refractivity contribution in [3.8, 4) is 6.07 Å². The molecule has 94 valence electrons. The Balaban J connectivity index is 2.34. The molecule has 1 rings (SSSR count). The second-order valence-corrected chi connectivity index (χ2v) is 5.50. The van der Waals surface area contributed by atoms with Gasteiger partial charge in [-0.3, -0.25) is 0 Å². The van der Waals surface area contributed by atoms with Gasteiger partial charge in [-0.1, -0.05) is 5.16 Å². The van der Waals surface area contributed by atoms with Crippen molar-refractivity contribution in [1.29, 1.82) is 5.26 Å². The number of nitrogens with zero attached hydrogens (tertiary/aromatic N) is 2. The molecule has 7 heteroatoms. The van der Waals surface area contributed by atoms with Gasteiger partial charge in [0.05, 0.1) is 6.07 Å². The van der Waals surface area contributed by atoms with E-state index in [-0.39, 0.29) is 5.75 Å². The monoisotopic (exact) mass is 257 g/mol. The molecule has 0 aliphatic rings. The summed E-state index contributed by atoms with van der Waals surface area (Å²) in [5.41, 5.74) is 0.395. The van der Waals surface area contributed by atoms with Crippen LogP contribution in [0.5, 0.6) is 0 Å². The SMILES string of the molecule is Cc1cc(CS(=O)(=O)NCCCCC#N)no1. The third-order valence-corrected chi connectivity index (χ3v) is 3.37. The molecule has 0 radical (unpaired) electrons. The summed E-state index contributed by atoms with van der Waals surface area (Å²) < 4.78 is 30.4. The second-order valence-electron chi connectivity index (χ2n) is 3.70. The Hall–Kier alpha value is -1.39.